The molecule has 0 N–H and O–H groups in total. The summed E-state index contributed by atoms with van der Waals surface area (Å²) in [6, 6.07) is 0. The van der Waals surface area contributed by atoms with E-state index in [4.69, 9.17) is 11.6 Å². The molecule has 0 fully saturated rings. The van der Waals surface area contributed by atoms with Gasteiger partial charge in [0.25, 0.3) is 0 Å². The maximum atomic E-state index is 5.56. The van der Waals surface area contributed by atoms with Crippen molar-refractivity contribution in [1.82, 2.24) is 9.97 Å². The van der Waals surface area contributed by atoms with Gasteiger partial charge in [-0.25, -0.2) is 9.97 Å². The molecule has 0 aliphatic rings. The fourth-order valence-electron chi connectivity index (χ4n) is 0.384. The van der Waals surface area contributed by atoms with Crippen molar-refractivity contribution in [3.8, 4) is 0 Å². The molecule has 1 heterocycles. The highest BCUT2D eigenvalue weighted by Crippen LogP contribution is 2.06. The first-order valence-electron chi connectivity index (χ1n) is 2.23. The van der Waals surface area contributed by atoms with Gasteiger partial charge in [0.15, 0.2) is 0 Å². The van der Waals surface area contributed by atoms with Crippen LogP contribution in [0.15, 0.2) is 12.5 Å². The van der Waals surface area contributed by atoms with Gasteiger partial charge in [-0.3, -0.25) is 0 Å². The normalized spacial score (nSPS) is 9.25. The number of aryl methyl sites for hydroxylation is 1. The molecule has 0 radical (unpaired) electrons. The Morgan fingerprint density at radius 1 is 1.62 bits per heavy atom. The first kappa shape index (κ1) is 5.51. The molecular weight excluding hydrogens is 124 g/mol. The third-order valence-electron chi connectivity index (χ3n) is 0.831. The zero-order valence-electron chi connectivity index (χ0n) is 4.43. The number of aromatic nitrogens is 2. The highest BCUT2D eigenvalue weighted by atomic mass is 35.5. The molecule has 0 unspecified atom stereocenters. The Morgan fingerprint density at radius 3 is 2.75 bits per heavy atom. The molecule has 3 heteroatoms. The number of halogens is 1. The summed E-state index contributed by atoms with van der Waals surface area (Å²) in [6.45, 7) is 1.86. The molecule has 8 heavy (non-hydrogen) atoms. The summed E-state index contributed by atoms with van der Waals surface area (Å²) in [6.07, 6.45) is 3.10. The van der Waals surface area contributed by atoms with E-state index in [9.17, 15) is 0 Å². The molecule has 0 bridgehead atoms. The van der Waals surface area contributed by atoms with Crippen LogP contribution in [0.1, 0.15) is 5.56 Å². The summed E-state index contributed by atoms with van der Waals surface area (Å²) in [5, 5.41) is 0.528. The Morgan fingerprint density at radius 2 is 2.38 bits per heavy atom. The number of rotatable bonds is 0. The second kappa shape index (κ2) is 2.09. The Labute approximate surface area is 52.5 Å². The first-order valence-corrected chi connectivity index (χ1v) is 2.60. The van der Waals surface area contributed by atoms with E-state index < -0.39 is 0 Å². The second-order valence-corrected chi connectivity index (χ2v) is 1.85. The van der Waals surface area contributed by atoms with E-state index in [2.05, 4.69) is 9.97 Å². The fraction of sp³-hybridized carbons (Fsp3) is 0.200. The number of nitrogens with zero attached hydrogens (tertiary/aromatic N) is 2. The Balaban J connectivity index is 3.13. The van der Waals surface area contributed by atoms with Crippen LogP contribution in [0.3, 0.4) is 0 Å². The summed E-state index contributed by atoms with van der Waals surface area (Å²) in [7, 11) is 0. The van der Waals surface area contributed by atoms with Gasteiger partial charge in [0.1, 0.15) is 11.5 Å². The highest BCUT2D eigenvalue weighted by molar-refractivity contribution is 6.30. The molecular formula is C5H5ClN2. The van der Waals surface area contributed by atoms with Crippen molar-refractivity contribution in [3.63, 3.8) is 0 Å². The number of hydrogen-bond acceptors (Lipinski definition) is 2. The molecule has 0 saturated carbocycles. The van der Waals surface area contributed by atoms with Crippen molar-refractivity contribution < 1.29 is 0 Å². The van der Waals surface area contributed by atoms with Crippen molar-refractivity contribution in [2.24, 2.45) is 0 Å². The van der Waals surface area contributed by atoms with Gasteiger partial charge in [-0.05, 0) is 6.92 Å². The molecule has 1 aromatic rings. The van der Waals surface area contributed by atoms with E-state index in [1.54, 1.807) is 6.20 Å². The Kier molecular flexibility index (Phi) is 1.44. The lowest BCUT2D eigenvalue weighted by Gasteiger charge is -1.89. The van der Waals surface area contributed by atoms with Crippen molar-refractivity contribution >= 4 is 11.6 Å². The monoisotopic (exact) mass is 128 g/mol. The minimum atomic E-state index is 0.528. The van der Waals surface area contributed by atoms with Gasteiger partial charge in [-0.15, -0.1) is 0 Å². The zero-order chi connectivity index (χ0) is 5.98. The Hall–Kier alpha value is -0.630. The molecule has 1 aromatic heterocycles. The van der Waals surface area contributed by atoms with Gasteiger partial charge in [0.2, 0.25) is 0 Å². The number of hydrogen-bond donors (Lipinski definition) is 0. The molecule has 0 aliphatic heterocycles. The average Bonchev–Trinajstić information content (AvgIpc) is 1.77. The molecule has 0 aromatic carbocycles. The highest BCUT2D eigenvalue weighted by Gasteiger charge is 1.89. The summed E-state index contributed by atoms with van der Waals surface area (Å²) in [4.78, 5) is 7.48. The van der Waals surface area contributed by atoms with Crippen LogP contribution in [0.2, 0.25) is 5.15 Å². The fourth-order valence-corrected chi connectivity index (χ4v) is 0.477. The topological polar surface area (TPSA) is 25.8 Å². The van der Waals surface area contributed by atoms with Crippen molar-refractivity contribution in [2.75, 3.05) is 0 Å². The van der Waals surface area contributed by atoms with Crippen LogP contribution >= 0.6 is 11.6 Å². The quantitative estimate of drug-likeness (QED) is 0.494. The lowest BCUT2D eigenvalue weighted by Crippen LogP contribution is -1.80. The van der Waals surface area contributed by atoms with Crippen LogP contribution in [0.4, 0.5) is 0 Å². The summed E-state index contributed by atoms with van der Waals surface area (Å²) >= 11 is 5.56. The SMILES string of the molecule is Cc1cncnc1Cl. The second-order valence-electron chi connectivity index (χ2n) is 1.50. The molecule has 42 valence electrons. The van der Waals surface area contributed by atoms with E-state index in [0.717, 1.165) is 5.56 Å². The molecule has 1 rings (SSSR count). The van der Waals surface area contributed by atoms with E-state index in [1.165, 1.54) is 6.33 Å². The molecule has 0 spiro atoms. The maximum absolute atomic E-state index is 5.56. The standard InChI is InChI=1S/C5H5ClN2/c1-4-2-7-3-8-5(4)6/h2-3H,1H3. The minimum Gasteiger partial charge on any atom is -0.244 e. The van der Waals surface area contributed by atoms with Gasteiger partial charge in [-0.2, -0.15) is 0 Å². The largest absolute Gasteiger partial charge is 0.244 e. The zero-order valence-corrected chi connectivity index (χ0v) is 5.18. The van der Waals surface area contributed by atoms with Crippen molar-refractivity contribution in [3.05, 3.63) is 23.2 Å². The smallest absolute Gasteiger partial charge is 0.135 e. The van der Waals surface area contributed by atoms with Gasteiger partial charge in [0, 0.05) is 11.8 Å². The van der Waals surface area contributed by atoms with E-state index in [0.29, 0.717) is 5.15 Å². The average molecular weight is 129 g/mol. The predicted octanol–water partition coefficient (Wildman–Crippen LogP) is 1.44. The minimum absolute atomic E-state index is 0.528. The summed E-state index contributed by atoms with van der Waals surface area (Å²) in [5.74, 6) is 0. The molecule has 0 aliphatic carbocycles. The lowest BCUT2D eigenvalue weighted by molar-refractivity contribution is 1.13. The van der Waals surface area contributed by atoms with Crippen LogP contribution in [-0.2, 0) is 0 Å². The van der Waals surface area contributed by atoms with Crippen LogP contribution in [0, 0.1) is 6.92 Å². The molecule has 0 saturated heterocycles. The lowest BCUT2D eigenvalue weighted by atomic mass is 10.4. The predicted molar refractivity (Wildman–Crippen MR) is 31.8 cm³/mol. The summed E-state index contributed by atoms with van der Waals surface area (Å²) in [5.41, 5.74) is 0.911. The Bertz CT molecular complexity index is 167. The van der Waals surface area contributed by atoms with Crippen LogP contribution < -0.4 is 0 Å². The maximum Gasteiger partial charge on any atom is 0.135 e. The first-order chi connectivity index (χ1) is 3.80. The van der Waals surface area contributed by atoms with Crippen molar-refractivity contribution in [2.45, 2.75) is 6.92 Å². The van der Waals surface area contributed by atoms with E-state index in [1.807, 2.05) is 6.92 Å². The van der Waals surface area contributed by atoms with E-state index >= 15 is 0 Å². The van der Waals surface area contributed by atoms with Crippen molar-refractivity contribution in [1.29, 1.82) is 0 Å². The van der Waals surface area contributed by atoms with Gasteiger partial charge >= 0.3 is 0 Å². The van der Waals surface area contributed by atoms with Crippen LogP contribution in [-0.4, -0.2) is 9.97 Å². The van der Waals surface area contributed by atoms with Crippen LogP contribution in [0.5, 0.6) is 0 Å². The van der Waals surface area contributed by atoms with Crippen LogP contribution in [0.25, 0.3) is 0 Å². The molecule has 0 atom stereocenters. The third-order valence-corrected chi connectivity index (χ3v) is 1.23. The van der Waals surface area contributed by atoms with Gasteiger partial charge < -0.3 is 0 Å². The summed E-state index contributed by atoms with van der Waals surface area (Å²) < 4.78 is 0. The third kappa shape index (κ3) is 0.954. The van der Waals surface area contributed by atoms with Gasteiger partial charge in [-0.1, -0.05) is 11.6 Å². The van der Waals surface area contributed by atoms with Gasteiger partial charge in [0.05, 0.1) is 0 Å². The van der Waals surface area contributed by atoms with E-state index in [-0.39, 0.29) is 0 Å². The molecule has 0 amide bonds. The molecule has 2 nitrogen and oxygen atoms in total.